The summed E-state index contributed by atoms with van der Waals surface area (Å²) in [6.45, 7) is 10.0. The van der Waals surface area contributed by atoms with Gasteiger partial charge in [-0.25, -0.2) is 0 Å². The molecular formula is C17H23N3O. The summed E-state index contributed by atoms with van der Waals surface area (Å²) in [5, 5.41) is 7.41. The average molecular weight is 285 g/mol. The third-order valence-electron chi connectivity index (χ3n) is 3.45. The molecule has 21 heavy (non-hydrogen) atoms. The Hall–Kier alpha value is -2.10. The Kier molecular flexibility index (Phi) is 4.46. The lowest BCUT2D eigenvalue weighted by Gasteiger charge is -2.14. The summed E-state index contributed by atoms with van der Waals surface area (Å²) in [6, 6.07) is 8.13. The van der Waals surface area contributed by atoms with E-state index in [0.29, 0.717) is 6.42 Å². The zero-order valence-corrected chi connectivity index (χ0v) is 13.4. The van der Waals surface area contributed by atoms with Crippen LogP contribution in [0, 0.1) is 27.7 Å². The van der Waals surface area contributed by atoms with Crippen molar-refractivity contribution in [2.24, 2.45) is 0 Å². The van der Waals surface area contributed by atoms with E-state index in [0.717, 1.165) is 28.2 Å². The largest absolute Gasteiger partial charge is 0.326 e. The van der Waals surface area contributed by atoms with Gasteiger partial charge in [0.2, 0.25) is 5.91 Å². The summed E-state index contributed by atoms with van der Waals surface area (Å²) in [4.78, 5) is 12.2. The van der Waals surface area contributed by atoms with Crippen molar-refractivity contribution in [1.82, 2.24) is 9.78 Å². The van der Waals surface area contributed by atoms with Crippen LogP contribution in [0.2, 0.25) is 0 Å². The van der Waals surface area contributed by atoms with Crippen molar-refractivity contribution >= 4 is 11.6 Å². The van der Waals surface area contributed by atoms with Gasteiger partial charge in [-0.1, -0.05) is 6.07 Å². The van der Waals surface area contributed by atoms with E-state index in [1.165, 1.54) is 0 Å². The van der Waals surface area contributed by atoms with E-state index in [1.807, 2.05) is 57.5 Å². The molecule has 1 N–H and O–H groups in total. The fourth-order valence-electron chi connectivity index (χ4n) is 2.71. The van der Waals surface area contributed by atoms with Gasteiger partial charge in [0.05, 0.1) is 11.7 Å². The number of anilines is 1. The Morgan fingerprint density at radius 3 is 2.29 bits per heavy atom. The molecule has 1 amide bonds. The summed E-state index contributed by atoms with van der Waals surface area (Å²) in [6.07, 6.45) is 0.412. The molecule has 0 bridgehead atoms. The number of carbonyl (C=O) groups is 1. The number of rotatable bonds is 4. The zero-order chi connectivity index (χ0) is 15.6. The van der Waals surface area contributed by atoms with Crippen molar-refractivity contribution < 1.29 is 4.79 Å². The molecule has 4 nitrogen and oxygen atoms in total. The number of benzene rings is 1. The van der Waals surface area contributed by atoms with E-state index in [-0.39, 0.29) is 11.9 Å². The van der Waals surface area contributed by atoms with Gasteiger partial charge in [0.25, 0.3) is 0 Å². The second kappa shape index (κ2) is 6.12. The summed E-state index contributed by atoms with van der Waals surface area (Å²) < 4.78 is 1.91. The predicted molar refractivity (Wildman–Crippen MR) is 85.6 cm³/mol. The number of nitrogens with zero attached hydrogens (tertiary/aromatic N) is 2. The summed E-state index contributed by atoms with van der Waals surface area (Å²) in [7, 11) is 0. The molecule has 0 aliphatic heterocycles. The maximum atomic E-state index is 12.2. The molecule has 0 unspecified atom stereocenters. The molecule has 0 aliphatic rings. The fraction of sp³-hybridized carbons (Fsp3) is 0.412. The molecule has 0 aliphatic carbocycles. The Balaban J connectivity index is 2.03. The highest BCUT2D eigenvalue weighted by molar-refractivity contribution is 5.91. The third kappa shape index (κ3) is 3.94. The van der Waals surface area contributed by atoms with Gasteiger partial charge in [0.15, 0.2) is 0 Å². The van der Waals surface area contributed by atoms with Crippen molar-refractivity contribution in [3.05, 3.63) is 46.8 Å². The number of hydrogen-bond acceptors (Lipinski definition) is 2. The van der Waals surface area contributed by atoms with E-state index in [9.17, 15) is 4.79 Å². The minimum atomic E-state index is 0.0139. The normalized spacial score (nSPS) is 12.2. The zero-order valence-electron chi connectivity index (χ0n) is 13.4. The molecule has 1 atom stereocenters. The Bertz CT molecular complexity index is 638. The van der Waals surface area contributed by atoms with E-state index < -0.39 is 0 Å². The van der Waals surface area contributed by atoms with Gasteiger partial charge in [0.1, 0.15) is 0 Å². The molecule has 0 saturated heterocycles. The summed E-state index contributed by atoms with van der Waals surface area (Å²) in [5.41, 5.74) is 5.22. The molecule has 1 heterocycles. The molecule has 0 fully saturated rings. The Labute approximate surface area is 126 Å². The second-order valence-electron chi connectivity index (χ2n) is 5.85. The lowest BCUT2D eigenvalue weighted by Crippen LogP contribution is -2.19. The molecular weight excluding hydrogens is 262 g/mol. The first kappa shape index (κ1) is 15.3. The van der Waals surface area contributed by atoms with Crippen LogP contribution in [0.5, 0.6) is 0 Å². The standard InChI is InChI=1S/C17H23N3O/c1-11-6-12(2)8-16(7-11)18-17(21)10-15(5)20-14(4)9-13(3)19-20/h6-9,15H,10H2,1-5H3,(H,18,21)/t15-/m1/s1. The van der Waals surface area contributed by atoms with Gasteiger partial charge >= 0.3 is 0 Å². The second-order valence-corrected chi connectivity index (χ2v) is 5.85. The van der Waals surface area contributed by atoms with Crippen molar-refractivity contribution in [2.45, 2.75) is 47.1 Å². The molecule has 4 heteroatoms. The van der Waals surface area contributed by atoms with Crippen molar-refractivity contribution in [3.63, 3.8) is 0 Å². The van der Waals surface area contributed by atoms with Crippen molar-refractivity contribution in [2.75, 3.05) is 5.32 Å². The van der Waals surface area contributed by atoms with Crippen LogP contribution in [0.4, 0.5) is 5.69 Å². The maximum absolute atomic E-state index is 12.2. The average Bonchev–Trinajstić information content (AvgIpc) is 2.66. The molecule has 2 rings (SSSR count). The Morgan fingerprint density at radius 1 is 1.14 bits per heavy atom. The molecule has 2 aromatic rings. The van der Waals surface area contributed by atoms with Crippen LogP contribution < -0.4 is 5.32 Å². The quantitative estimate of drug-likeness (QED) is 0.931. The van der Waals surface area contributed by atoms with Crippen LogP contribution in [0.15, 0.2) is 24.3 Å². The predicted octanol–water partition coefficient (Wildman–Crippen LogP) is 3.71. The van der Waals surface area contributed by atoms with Crippen LogP contribution in [0.3, 0.4) is 0 Å². The minimum absolute atomic E-state index is 0.0139. The van der Waals surface area contributed by atoms with Gasteiger partial charge in [-0.15, -0.1) is 0 Å². The first-order valence-electron chi connectivity index (χ1n) is 7.26. The number of carbonyl (C=O) groups excluding carboxylic acids is 1. The highest BCUT2D eigenvalue weighted by atomic mass is 16.1. The lowest BCUT2D eigenvalue weighted by molar-refractivity contribution is -0.116. The first-order chi connectivity index (χ1) is 9.85. The smallest absolute Gasteiger partial charge is 0.226 e. The number of hydrogen-bond donors (Lipinski definition) is 1. The van der Waals surface area contributed by atoms with Gasteiger partial charge in [-0.3, -0.25) is 9.48 Å². The SMILES string of the molecule is Cc1cc(C)cc(NC(=O)C[C@@H](C)n2nc(C)cc2C)c1. The van der Waals surface area contributed by atoms with Crippen LogP contribution in [-0.4, -0.2) is 15.7 Å². The highest BCUT2D eigenvalue weighted by Crippen LogP contribution is 2.17. The van der Waals surface area contributed by atoms with E-state index in [2.05, 4.69) is 16.5 Å². The van der Waals surface area contributed by atoms with Crippen LogP contribution >= 0.6 is 0 Å². The molecule has 112 valence electrons. The lowest BCUT2D eigenvalue weighted by atomic mass is 10.1. The number of aromatic nitrogens is 2. The fourth-order valence-corrected chi connectivity index (χ4v) is 2.71. The maximum Gasteiger partial charge on any atom is 0.226 e. The number of amides is 1. The van der Waals surface area contributed by atoms with Gasteiger partial charge < -0.3 is 5.32 Å². The molecule has 0 radical (unpaired) electrons. The molecule has 0 saturated carbocycles. The van der Waals surface area contributed by atoms with E-state index in [4.69, 9.17) is 0 Å². The minimum Gasteiger partial charge on any atom is -0.326 e. The summed E-state index contributed by atoms with van der Waals surface area (Å²) in [5.74, 6) is 0.0139. The van der Waals surface area contributed by atoms with Crippen LogP contribution in [0.25, 0.3) is 0 Å². The van der Waals surface area contributed by atoms with Crippen LogP contribution in [-0.2, 0) is 4.79 Å². The van der Waals surface area contributed by atoms with E-state index >= 15 is 0 Å². The number of aryl methyl sites for hydroxylation is 4. The Morgan fingerprint density at radius 2 is 1.76 bits per heavy atom. The van der Waals surface area contributed by atoms with Crippen LogP contribution in [0.1, 0.15) is 41.9 Å². The first-order valence-corrected chi connectivity index (χ1v) is 7.26. The van der Waals surface area contributed by atoms with Gasteiger partial charge in [0, 0.05) is 17.8 Å². The van der Waals surface area contributed by atoms with Gasteiger partial charge in [-0.05, 0) is 63.9 Å². The van der Waals surface area contributed by atoms with Gasteiger partial charge in [-0.2, -0.15) is 5.10 Å². The summed E-state index contributed by atoms with van der Waals surface area (Å²) >= 11 is 0. The third-order valence-corrected chi connectivity index (χ3v) is 3.45. The highest BCUT2D eigenvalue weighted by Gasteiger charge is 2.14. The topological polar surface area (TPSA) is 46.9 Å². The molecule has 1 aromatic heterocycles. The monoisotopic (exact) mass is 285 g/mol. The van der Waals surface area contributed by atoms with Crippen molar-refractivity contribution in [3.8, 4) is 0 Å². The van der Waals surface area contributed by atoms with Crippen molar-refractivity contribution in [1.29, 1.82) is 0 Å². The number of nitrogens with one attached hydrogen (secondary N) is 1. The van der Waals surface area contributed by atoms with E-state index in [1.54, 1.807) is 0 Å². The molecule has 1 aromatic carbocycles. The molecule has 0 spiro atoms.